The quantitative estimate of drug-likeness (QED) is 0.642. The van der Waals surface area contributed by atoms with Crippen LogP contribution in [-0.2, 0) is 13.1 Å². The van der Waals surface area contributed by atoms with Gasteiger partial charge in [0.05, 0.1) is 12.2 Å². The summed E-state index contributed by atoms with van der Waals surface area (Å²) in [5, 5.41) is 5.83. The lowest BCUT2D eigenvalue weighted by Crippen LogP contribution is -2.36. The highest BCUT2D eigenvalue weighted by molar-refractivity contribution is 9.10. The van der Waals surface area contributed by atoms with E-state index in [1.54, 1.807) is 23.3 Å². The van der Waals surface area contributed by atoms with Crippen molar-refractivity contribution in [1.29, 1.82) is 0 Å². The summed E-state index contributed by atoms with van der Waals surface area (Å²) in [5.41, 5.74) is 3.11. The van der Waals surface area contributed by atoms with Gasteiger partial charge < -0.3 is 10.2 Å². The van der Waals surface area contributed by atoms with Crippen LogP contribution in [0.15, 0.2) is 64.5 Å². The number of nitrogens with one attached hydrogen (secondary N) is 1. The zero-order valence-corrected chi connectivity index (χ0v) is 16.2. The number of aromatic nitrogens is 1. The number of carbonyl (C=O) groups is 1. The number of nitrogens with zero attached hydrogens (tertiary/aromatic N) is 2. The van der Waals surface area contributed by atoms with Crippen LogP contribution in [0.25, 0.3) is 11.3 Å². The van der Waals surface area contributed by atoms with Crippen molar-refractivity contribution in [2.45, 2.75) is 13.1 Å². The number of benzene rings is 2. The molecule has 3 rings (SSSR count). The minimum absolute atomic E-state index is 0.112. The van der Waals surface area contributed by atoms with Crippen LogP contribution in [0.2, 0.25) is 0 Å². The Morgan fingerprint density at radius 1 is 1.16 bits per heavy atom. The van der Waals surface area contributed by atoms with Gasteiger partial charge in [-0.05, 0) is 17.7 Å². The van der Waals surface area contributed by atoms with Crippen LogP contribution in [0.1, 0.15) is 10.6 Å². The van der Waals surface area contributed by atoms with Crippen molar-refractivity contribution >= 4 is 33.3 Å². The van der Waals surface area contributed by atoms with Gasteiger partial charge in [0.1, 0.15) is 5.01 Å². The molecule has 0 unspecified atom stereocenters. The highest BCUT2D eigenvalue weighted by Gasteiger charge is 2.10. The Labute approximate surface area is 159 Å². The van der Waals surface area contributed by atoms with E-state index in [-0.39, 0.29) is 6.03 Å². The SMILES string of the molecule is CN(Cc1ccc(Br)cc1)C(=O)NCc1nc(-c2ccccc2)cs1. The smallest absolute Gasteiger partial charge is 0.317 e. The van der Waals surface area contributed by atoms with Crippen molar-refractivity contribution in [2.24, 2.45) is 0 Å². The molecular weight excluding hydrogens is 398 g/mol. The normalized spacial score (nSPS) is 10.5. The molecule has 0 atom stereocenters. The lowest BCUT2D eigenvalue weighted by Gasteiger charge is -2.17. The summed E-state index contributed by atoms with van der Waals surface area (Å²) >= 11 is 4.97. The molecule has 25 heavy (non-hydrogen) atoms. The maximum Gasteiger partial charge on any atom is 0.317 e. The maximum atomic E-state index is 12.2. The average molecular weight is 416 g/mol. The van der Waals surface area contributed by atoms with Gasteiger partial charge in [-0.1, -0.05) is 58.4 Å². The molecule has 1 heterocycles. The number of thiazole rings is 1. The molecule has 4 nitrogen and oxygen atoms in total. The molecule has 0 radical (unpaired) electrons. The molecule has 0 aliphatic heterocycles. The van der Waals surface area contributed by atoms with Crippen molar-refractivity contribution in [3.05, 3.63) is 75.0 Å². The number of carbonyl (C=O) groups excluding carboxylic acids is 1. The van der Waals surface area contributed by atoms with Crippen molar-refractivity contribution in [2.75, 3.05) is 7.05 Å². The van der Waals surface area contributed by atoms with Crippen LogP contribution in [0.4, 0.5) is 4.79 Å². The highest BCUT2D eigenvalue weighted by atomic mass is 79.9. The molecule has 2 amide bonds. The zero-order valence-electron chi connectivity index (χ0n) is 13.8. The van der Waals surface area contributed by atoms with E-state index in [9.17, 15) is 4.79 Å². The topological polar surface area (TPSA) is 45.2 Å². The van der Waals surface area contributed by atoms with Gasteiger partial charge in [0.15, 0.2) is 0 Å². The minimum Gasteiger partial charge on any atom is -0.331 e. The third-order valence-corrected chi connectivity index (χ3v) is 5.07. The van der Waals surface area contributed by atoms with Gasteiger partial charge in [-0.15, -0.1) is 11.3 Å². The van der Waals surface area contributed by atoms with Crippen LogP contribution in [0.3, 0.4) is 0 Å². The summed E-state index contributed by atoms with van der Waals surface area (Å²) < 4.78 is 1.03. The van der Waals surface area contributed by atoms with Crippen LogP contribution in [0.5, 0.6) is 0 Å². The summed E-state index contributed by atoms with van der Waals surface area (Å²) in [7, 11) is 1.79. The predicted molar refractivity (Wildman–Crippen MR) is 105 cm³/mol. The number of amides is 2. The zero-order chi connectivity index (χ0) is 17.6. The summed E-state index contributed by atoms with van der Waals surface area (Å²) in [6.07, 6.45) is 0. The Morgan fingerprint density at radius 3 is 2.60 bits per heavy atom. The number of rotatable bonds is 5. The molecule has 0 fully saturated rings. The first kappa shape index (κ1) is 17.6. The Hall–Kier alpha value is -2.18. The molecule has 6 heteroatoms. The first-order valence-electron chi connectivity index (χ1n) is 7.85. The minimum atomic E-state index is -0.112. The molecule has 1 aromatic heterocycles. The largest absolute Gasteiger partial charge is 0.331 e. The van der Waals surface area contributed by atoms with Crippen molar-refractivity contribution < 1.29 is 4.79 Å². The monoisotopic (exact) mass is 415 g/mol. The van der Waals surface area contributed by atoms with Gasteiger partial charge in [0, 0.05) is 29.0 Å². The van der Waals surface area contributed by atoms with Crippen LogP contribution in [-0.4, -0.2) is 23.0 Å². The first-order chi connectivity index (χ1) is 12.1. The summed E-state index contributed by atoms with van der Waals surface area (Å²) in [5.74, 6) is 0. The lowest BCUT2D eigenvalue weighted by atomic mass is 10.2. The lowest BCUT2D eigenvalue weighted by molar-refractivity contribution is 0.206. The Morgan fingerprint density at radius 2 is 1.88 bits per heavy atom. The Bertz CT molecular complexity index is 833. The summed E-state index contributed by atoms with van der Waals surface area (Å²) in [4.78, 5) is 18.5. The standard InChI is InChI=1S/C19H18BrN3OS/c1-23(12-14-7-9-16(20)10-8-14)19(24)21-11-18-22-17(13-25-18)15-5-3-2-4-6-15/h2-10,13H,11-12H2,1H3,(H,21,24). The van der Waals surface area contributed by atoms with Gasteiger partial charge in [-0.2, -0.15) is 0 Å². The fourth-order valence-electron chi connectivity index (χ4n) is 2.36. The maximum absolute atomic E-state index is 12.2. The number of hydrogen-bond donors (Lipinski definition) is 1. The molecule has 0 saturated carbocycles. The van der Waals surface area contributed by atoms with Crippen LogP contribution >= 0.6 is 27.3 Å². The highest BCUT2D eigenvalue weighted by Crippen LogP contribution is 2.21. The van der Waals surface area contributed by atoms with E-state index in [2.05, 4.69) is 26.2 Å². The van der Waals surface area contributed by atoms with E-state index in [0.29, 0.717) is 13.1 Å². The number of hydrogen-bond acceptors (Lipinski definition) is 3. The van der Waals surface area contributed by atoms with Gasteiger partial charge in [-0.3, -0.25) is 0 Å². The number of halogens is 1. The van der Waals surface area contributed by atoms with E-state index in [0.717, 1.165) is 26.3 Å². The van der Waals surface area contributed by atoms with E-state index in [4.69, 9.17) is 0 Å². The van der Waals surface area contributed by atoms with Crippen LogP contribution < -0.4 is 5.32 Å². The first-order valence-corrected chi connectivity index (χ1v) is 9.52. The second-order valence-corrected chi connectivity index (χ2v) is 7.49. The van der Waals surface area contributed by atoms with Crippen molar-refractivity contribution in [1.82, 2.24) is 15.2 Å². The van der Waals surface area contributed by atoms with Gasteiger partial charge >= 0.3 is 6.03 Å². The second-order valence-electron chi connectivity index (χ2n) is 5.63. The molecule has 0 bridgehead atoms. The molecule has 0 spiro atoms. The average Bonchev–Trinajstić information content (AvgIpc) is 3.11. The molecule has 0 aliphatic rings. The van der Waals surface area contributed by atoms with Gasteiger partial charge in [0.2, 0.25) is 0 Å². The second kappa shape index (κ2) is 8.27. The van der Waals surface area contributed by atoms with Crippen molar-refractivity contribution in [3.8, 4) is 11.3 Å². The Balaban J connectivity index is 1.53. The van der Waals surface area contributed by atoms with Crippen molar-refractivity contribution in [3.63, 3.8) is 0 Å². The molecular formula is C19H18BrN3OS. The molecule has 0 aliphatic carbocycles. The van der Waals surface area contributed by atoms with E-state index < -0.39 is 0 Å². The van der Waals surface area contributed by atoms with Gasteiger partial charge in [-0.25, -0.2) is 9.78 Å². The predicted octanol–water partition coefficient (Wildman–Crippen LogP) is 4.91. The summed E-state index contributed by atoms with van der Waals surface area (Å²) in [6, 6.07) is 17.9. The van der Waals surface area contributed by atoms with E-state index in [1.807, 2.05) is 60.0 Å². The number of urea groups is 1. The third-order valence-electron chi connectivity index (χ3n) is 3.69. The molecule has 2 aromatic carbocycles. The summed E-state index contributed by atoms with van der Waals surface area (Å²) in [6.45, 7) is 0.993. The van der Waals surface area contributed by atoms with Crippen LogP contribution in [0, 0.1) is 0 Å². The van der Waals surface area contributed by atoms with E-state index >= 15 is 0 Å². The fourth-order valence-corrected chi connectivity index (χ4v) is 3.36. The molecule has 128 valence electrons. The molecule has 0 saturated heterocycles. The third kappa shape index (κ3) is 4.90. The molecule has 3 aromatic rings. The fraction of sp³-hybridized carbons (Fsp3) is 0.158. The Kier molecular flexibility index (Phi) is 5.83. The van der Waals surface area contributed by atoms with E-state index in [1.165, 1.54) is 0 Å². The molecule has 1 N–H and O–H groups in total. The van der Waals surface area contributed by atoms with Gasteiger partial charge in [0.25, 0.3) is 0 Å².